The number of hydrogen-bond donors (Lipinski definition) is 2. The summed E-state index contributed by atoms with van der Waals surface area (Å²) in [5.41, 5.74) is 0.700. The third-order valence-corrected chi connectivity index (χ3v) is 2.91. The van der Waals surface area contributed by atoms with Gasteiger partial charge in [0, 0.05) is 18.0 Å². The highest BCUT2D eigenvalue weighted by Crippen LogP contribution is 2.17. The van der Waals surface area contributed by atoms with Crippen LogP contribution in [-0.2, 0) is 9.59 Å². The van der Waals surface area contributed by atoms with E-state index in [1.807, 2.05) is 13.8 Å². The maximum Gasteiger partial charge on any atom is 0.247 e. The van der Waals surface area contributed by atoms with Crippen LogP contribution in [0.25, 0.3) is 0 Å². The fourth-order valence-electron chi connectivity index (χ4n) is 2.05. The molecule has 0 bridgehead atoms. The van der Waals surface area contributed by atoms with Gasteiger partial charge in [-0.15, -0.1) is 0 Å². The topological polar surface area (TPSA) is 71.1 Å². The Bertz CT molecular complexity index is 445. The first-order valence-corrected chi connectivity index (χ1v) is 6.08. The Labute approximate surface area is 106 Å². The summed E-state index contributed by atoms with van der Waals surface area (Å²) in [4.78, 5) is 27.8. The van der Waals surface area contributed by atoms with Crippen LogP contribution >= 0.6 is 0 Å². The molecule has 1 saturated heterocycles. The highest BCUT2D eigenvalue weighted by molar-refractivity contribution is 5.97. The van der Waals surface area contributed by atoms with Crippen LogP contribution in [0.3, 0.4) is 0 Å². The molecule has 1 fully saturated rings. The minimum Gasteiger partial charge on any atom is -0.342 e. The normalized spacial score (nSPS) is 23.7. The Morgan fingerprint density at radius 2 is 2.06 bits per heavy atom. The van der Waals surface area contributed by atoms with E-state index in [0.29, 0.717) is 17.9 Å². The predicted molar refractivity (Wildman–Crippen MR) is 66.5 cm³/mol. The Morgan fingerprint density at radius 1 is 1.28 bits per heavy atom. The van der Waals surface area contributed by atoms with Crippen molar-refractivity contribution in [2.45, 2.75) is 32.4 Å². The molecule has 0 aromatic carbocycles. The molecular formula is C13H17N3O2. The van der Waals surface area contributed by atoms with E-state index in [4.69, 9.17) is 0 Å². The zero-order valence-corrected chi connectivity index (χ0v) is 10.5. The molecule has 2 heterocycles. The van der Waals surface area contributed by atoms with Crippen LogP contribution in [0.15, 0.2) is 24.5 Å². The Morgan fingerprint density at radius 3 is 2.67 bits per heavy atom. The van der Waals surface area contributed by atoms with Crippen molar-refractivity contribution in [2.24, 2.45) is 5.92 Å². The molecular weight excluding hydrogens is 230 g/mol. The molecule has 1 unspecified atom stereocenters. The lowest BCUT2D eigenvalue weighted by Crippen LogP contribution is -2.57. The lowest BCUT2D eigenvalue weighted by atomic mass is 9.98. The zero-order chi connectivity index (χ0) is 13.1. The Balaban J connectivity index is 2.11. The van der Waals surface area contributed by atoms with Crippen LogP contribution in [0.5, 0.6) is 0 Å². The van der Waals surface area contributed by atoms with Gasteiger partial charge in [0.25, 0.3) is 0 Å². The van der Waals surface area contributed by atoms with Gasteiger partial charge in [-0.2, -0.15) is 0 Å². The smallest absolute Gasteiger partial charge is 0.247 e. The summed E-state index contributed by atoms with van der Waals surface area (Å²) in [6, 6.07) is 2.47. The van der Waals surface area contributed by atoms with Crippen LogP contribution in [0.1, 0.15) is 31.9 Å². The standard InChI is InChI=1S/C13H17N3O2/c1-8(2)6-10-12(17)16-11(13(18)15-10)9-4-3-5-14-7-9/h3-5,7-8,10-11H,6H2,1-2H3,(H,15,18)(H,16,17)/t10-,11?/m1/s1. The lowest BCUT2D eigenvalue weighted by molar-refractivity contribution is -0.137. The molecule has 1 aromatic rings. The van der Waals surface area contributed by atoms with Gasteiger partial charge < -0.3 is 10.6 Å². The van der Waals surface area contributed by atoms with Crippen molar-refractivity contribution < 1.29 is 9.59 Å². The van der Waals surface area contributed by atoms with Crippen LogP contribution in [0.4, 0.5) is 0 Å². The number of nitrogens with zero attached hydrogens (tertiary/aromatic N) is 1. The third kappa shape index (κ3) is 2.67. The van der Waals surface area contributed by atoms with Gasteiger partial charge >= 0.3 is 0 Å². The summed E-state index contributed by atoms with van der Waals surface area (Å²) in [6.07, 6.45) is 3.87. The van der Waals surface area contributed by atoms with Crippen molar-refractivity contribution in [3.8, 4) is 0 Å². The molecule has 2 amide bonds. The summed E-state index contributed by atoms with van der Waals surface area (Å²) < 4.78 is 0. The van der Waals surface area contributed by atoms with Gasteiger partial charge in [0.2, 0.25) is 11.8 Å². The second-order valence-electron chi connectivity index (χ2n) is 4.92. The predicted octanol–water partition coefficient (Wildman–Crippen LogP) is 0.783. The lowest BCUT2D eigenvalue weighted by Gasteiger charge is -2.30. The number of aromatic nitrogens is 1. The van der Waals surface area contributed by atoms with Crippen LogP contribution in [0.2, 0.25) is 0 Å². The maximum absolute atomic E-state index is 12.0. The monoisotopic (exact) mass is 247 g/mol. The molecule has 1 aromatic heterocycles. The van der Waals surface area contributed by atoms with E-state index in [1.54, 1.807) is 24.5 Å². The van der Waals surface area contributed by atoms with Gasteiger partial charge in [-0.05, 0) is 18.4 Å². The van der Waals surface area contributed by atoms with Gasteiger partial charge in [-0.25, -0.2) is 0 Å². The summed E-state index contributed by atoms with van der Waals surface area (Å²) >= 11 is 0. The number of carbonyl (C=O) groups excluding carboxylic acids is 2. The quantitative estimate of drug-likeness (QED) is 0.829. The molecule has 0 radical (unpaired) electrons. The van der Waals surface area contributed by atoms with Crippen molar-refractivity contribution in [1.29, 1.82) is 0 Å². The highest BCUT2D eigenvalue weighted by atomic mass is 16.2. The SMILES string of the molecule is CC(C)C[C@H]1NC(=O)C(c2cccnc2)NC1=O. The van der Waals surface area contributed by atoms with Gasteiger partial charge in [0.1, 0.15) is 12.1 Å². The van der Waals surface area contributed by atoms with E-state index in [-0.39, 0.29) is 11.8 Å². The molecule has 1 aliphatic heterocycles. The van der Waals surface area contributed by atoms with Crippen LogP contribution < -0.4 is 10.6 Å². The van der Waals surface area contributed by atoms with Crippen molar-refractivity contribution in [2.75, 3.05) is 0 Å². The fraction of sp³-hybridized carbons (Fsp3) is 0.462. The number of carbonyl (C=O) groups is 2. The highest BCUT2D eigenvalue weighted by Gasteiger charge is 2.34. The van der Waals surface area contributed by atoms with E-state index in [9.17, 15) is 9.59 Å². The van der Waals surface area contributed by atoms with E-state index in [1.165, 1.54) is 0 Å². The average molecular weight is 247 g/mol. The molecule has 18 heavy (non-hydrogen) atoms. The number of amides is 2. The van der Waals surface area contributed by atoms with Crippen LogP contribution in [-0.4, -0.2) is 22.8 Å². The summed E-state index contributed by atoms with van der Waals surface area (Å²) in [7, 11) is 0. The third-order valence-electron chi connectivity index (χ3n) is 2.91. The van der Waals surface area contributed by atoms with Crippen molar-refractivity contribution >= 4 is 11.8 Å². The molecule has 5 heteroatoms. The molecule has 1 aliphatic rings. The van der Waals surface area contributed by atoms with Crippen LogP contribution in [0, 0.1) is 5.92 Å². The maximum atomic E-state index is 12.0. The number of hydrogen-bond acceptors (Lipinski definition) is 3. The first-order valence-electron chi connectivity index (χ1n) is 6.08. The largest absolute Gasteiger partial charge is 0.342 e. The van der Waals surface area contributed by atoms with E-state index >= 15 is 0 Å². The second-order valence-corrected chi connectivity index (χ2v) is 4.92. The van der Waals surface area contributed by atoms with E-state index in [0.717, 1.165) is 0 Å². The van der Waals surface area contributed by atoms with E-state index in [2.05, 4.69) is 15.6 Å². The Hall–Kier alpha value is -1.91. The van der Waals surface area contributed by atoms with Gasteiger partial charge in [-0.1, -0.05) is 19.9 Å². The van der Waals surface area contributed by atoms with Crippen molar-refractivity contribution in [3.05, 3.63) is 30.1 Å². The molecule has 96 valence electrons. The van der Waals surface area contributed by atoms with Crippen molar-refractivity contribution in [1.82, 2.24) is 15.6 Å². The Kier molecular flexibility index (Phi) is 3.60. The average Bonchev–Trinajstić information content (AvgIpc) is 2.34. The first-order chi connectivity index (χ1) is 8.58. The minimum absolute atomic E-state index is 0.128. The van der Waals surface area contributed by atoms with Crippen molar-refractivity contribution in [3.63, 3.8) is 0 Å². The molecule has 5 nitrogen and oxygen atoms in total. The number of piperazine rings is 1. The molecule has 0 saturated carbocycles. The zero-order valence-electron chi connectivity index (χ0n) is 10.5. The summed E-state index contributed by atoms with van der Waals surface area (Å²) in [5.74, 6) is 0.0568. The van der Waals surface area contributed by atoms with Gasteiger partial charge in [0.15, 0.2) is 0 Å². The van der Waals surface area contributed by atoms with Gasteiger partial charge in [-0.3, -0.25) is 14.6 Å². The number of rotatable bonds is 3. The number of pyridine rings is 1. The first kappa shape index (κ1) is 12.5. The molecule has 0 aliphatic carbocycles. The summed E-state index contributed by atoms with van der Waals surface area (Å²) in [6.45, 7) is 4.04. The molecule has 2 rings (SSSR count). The fourth-order valence-corrected chi connectivity index (χ4v) is 2.05. The molecule has 0 spiro atoms. The minimum atomic E-state index is -0.630. The summed E-state index contributed by atoms with van der Waals surface area (Å²) in [5, 5.41) is 5.51. The molecule has 2 N–H and O–H groups in total. The number of nitrogens with one attached hydrogen (secondary N) is 2. The van der Waals surface area contributed by atoms with Gasteiger partial charge in [0.05, 0.1) is 0 Å². The second kappa shape index (κ2) is 5.16. The van der Waals surface area contributed by atoms with E-state index < -0.39 is 12.1 Å². The molecule has 2 atom stereocenters.